The smallest absolute Gasteiger partial charge is 0.239 e. The molecule has 1 amide bonds. The normalized spacial score (nSPS) is 12.5. The van der Waals surface area contributed by atoms with E-state index in [-0.39, 0.29) is 0 Å². The van der Waals surface area contributed by atoms with E-state index in [2.05, 4.69) is 19.2 Å². The van der Waals surface area contributed by atoms with Gasteiger partial charge in [-0.2, -0.15) is 0 Å². The number of nitrogens with one attached hydrogen (secondary N) is 1. The number of hydrogen-bond donors (Lipinski definition) is 2. The molecule has 1 aromatic rings. The lowest BCUT2D eigenvalue weighted by atomic mass is 10.0. The standard InChI is InChI=1S/C13H19ClN2O2/c1-8(2)7-16-12(13(15)17)11-9(14)5-4-6-10(11)18-3/h4-6,8,12,16H,7H2,1-3H3,(H2,15,17). The van der Waals surface area contributed by atoms with Crippen molar-refractivity contribution < 1.29 is 9.53 Å². The molecule has 100 valence electrons. The third-order valence-corrected chi connectivity index (χ3v) is 2.87. The maximum Gasteiger partial charge on any atom is 0.239 e. The lowest BCUT2D eigenvalue weighted by Crippen LogP contribution is -2.36. The first kappa shape index (κ1) is 14.8. The maximum absolute atomic E-state index is 11.6. The number of carbonyl (C=O) groups is 1. The third-order valence-electron chi connectivity index (χ3n) is 2.54. The van der Waals surface area contributed by atoms with Crippen LogP contribution >= 0.6 is 11.6 Å². The van der Waals surface area contributed by atoms with Crippen LogP contribution in [0.3, 0.4) is 0 Å². The Morgan fingerprint density at radius 1 is 1.50 bits per heavy atom. The van der Waals surface area contributed by atoms with Crippen LogP contribution in [0.1, 0.15) is 25.5 Å². The summed E-state index contributed by atoms with van der Waals surface area (Å²) in [4.78, 5) is 11.6. The molecule has 0 aliphatic carbocycles. The summed E-state index contributed by atoms with van der Waals surface area (Å²) in [5, 5.41) is 3.58. The van der Waals surface area contributed by atoms with Crippen LogP contribution in [-0.4, -0.2) is 19.6 Å². The molecule has 0 saturated heterocycles. The largest absolute Gasteiger partial charge is 0.496 e. The Hall–Kier alpha value is -1.26. The number of methoxy groups -OCH3 is 1. The average Bonchev–Trinajstić information content (AvgIpc) is 2.30. The molecule has 0 bridgehead atoms. The highest BCUT2D eigenvalue weighted by molar-refractivity contribution is 6.31. The van der Waals surface area contributed by atoms with Crippen molar-refractivity contribution in [2.24, 2.45) is 11.7 Å². The van der Waals surface area contributed by atoms with Gasteiger partial charge in [-0.3, -0.25) is 4.79 Å². The van der Waals surface area contributed by atoms with E-state index in [1.807, 2.05) is 0 Å². The zero-order valence-corrected chi connectivity index (χ0v) is 11.6. The Balaban J connectivity index is 3.09. The van der Waals surface area contributed by atoms with E-state index in [4.69, 9.17) is 22.1 Å². The predicted octanol–water partition coefficient (Wildman–Crippen LogP) is 2.12. The molecule has 1 aromatic carbocycles. The van der Waals surface area contributed by atoms with Gasteiger partial charge in [0, 0.05) is 10.6 Å². The highest BCUT2D eigenvalue weighted by atomic mass is 35.5. The summed E-state index contributed by atoms with van der Waals surface area (Å²) in [5.74, 6) is 0.491. The number of rotatable bonds is 6. The van der Waals surface area contributed by atoms with Gasteiger partial charge in [0.05, 0.1) is 7.11 Å². The zero-order chi connectivity index (χ0) is 13.7. The number of primary amides is 1. The SMILES string of the molecule is COc1cccc(Cl)c1C(NCC(C)C)C(N)=O. The minimum Gasteiger partial charge on any atom is -0.496 e. The highest BCUT2D eigenvalue weighted by Gasteiger charge is 2.24. The lowest BCUT2D eigenvalue weighted by Gasteiger charge is -2.20. The van der Waals surface area contributed by atoms with Crippen LogP contribution in [0.25, 0.3) is 0 Å². The minimum atomic E-state index is -0.643. The Morgan fingerprint density at radius 2 is 2.17 bits per heavy atom. The van der Waals surface area contributed by atoms with Gasteiger partial charge < -0.3 is 15.8 Å². The number of nitrogens with two attached hydrogens (primary N) is 1. The maximum atomic E-state index is 11.6. The molecular weight excluding hydrogens is 252 g/mol. The Labute approximate surface area is 112 Å². The number of halogens is 1. The number of benzene rings is 1. The van der Waals surface area contributed by atoms with Crippen LogP contribution < -0.4 is 15.8 Å². The van der Waals surface area contributed by atoms with Gasteiger partial charge >= 0.3 is 0 Å². The van der Waals surface area contributed by atoms with Crippen LogP contribution in [-0.2, 0) is 4.79 Å². The second kappa shape index (κ2) is 6.61. The van der Waals surface area contributed by atoms with Crippen LogP contribution in [0.15, 0.2) is 18.2 Å². The van der Waals surface area contributed by atoms with Crippen molar-refractivity contribution in [3.05, 3.63) is 28.8 Å². The molecule has 5 heteroatoms. The molecule has 0 spiro atoms. The molecule has 3 N–H and O–H groups in total. The van der Waals surface area contributed by atoms with E-state index in [1.165, 1.54) is 7.11 Å². The van der Waals surface area contributed by atoms with Crippen molar-refractivity contribution in [2.45, 2.75) is 19.9 Å². The topological polar surface area (TPSA) is 64.3 Å². The Kier molecular flexibility index (Phi) is 5.44. The summed E-state index contributed by atoms with van der Waals surface area (Å²) in [5.41, 5.74) is 6.02. The average molecular weight is 271 g/mol. The van der Waals surface area contributed by atoms with Gasteiger partial charge in [0.25, 0.3) is 0 Å². The summed E-state index contributed by atoms with van der Waals surface area (Å²) >= 11 is 6.13. The molecule has 0 fully saturated rings. The fraction of sp³-hybridized carbons (Fsp3) is 0.462. The molecule has 4 nitrogen and oxygen atoms in total. The number of hydrogen-bond acceptors (Lipinski definition) is 3. The first-order chi connectivity index (χ1) is 8.47. The predicted molar refractivity (Wildman–Crippen MR) is 72.8 cm³/mol. The molecule has 18 heavy (non-hydrogen) atoms. The molecule has 0 heterocycles. The van der Waals surface area contributed by atoms with Crippen molar-refractivity contribution in [2.75, 3.05) is 13.7 Å². The molecule has 0 saturated carbocycles. The number of amides is 1. The summed E-state index contributed by atoms with van der Waals surface area (Å²) in [6.07, 6.45) is 0. The Morgan fingerprint density at radius 3 is 2.67 bits per heavy atom. The molecule has 1 unspecified atom stereocenters. The second-order valence-corrected chi connectivity index (χ2v) is 4.90. The van der Waals surface area contributed by atoms with Gasteiger partial charge in [-0.15, -0.1) is 0 Å². The van der Waals surface area contributed by atoms with Crippen LogP contribution in [0.4, 0.5) is 0 Å². The van der Waals surface area contributed by atoms with E-state index in [0.29, 0.717) is 28.8 Å². The first-order valence-corrected chi connectivity index (χ1v) is 6.20. The van der Waals surface area contributed by atoms with Gasteiger partial charge in [-0.05, 0) is 24.6 Å². The summed E-state index contributed by atoms with van der Waals surface area (Å²) in [6.45, 7) is 4.77. The van der Waals surface area contributed by atoms with E-state index >= 15 is 0 Å². The van der Waals surface area contributed by atoms with E-state index in [1.54, 1.807) is 18.2 Å². The molecule has 1 atom stereocenters. The van der Waals surface area contributed by atoms with Gasteiger partial charge in [0.1, 0.15) is 11.8 Å². The molecule has 1 rings (SSSR count). The Bertz CT molecular complexity index is 421. The second-order valence-electron chi connectivity index (χ2n) is 4.49. The van der Waals surface area contributed by atoms with Crippen molar-refractivity contribution in [1.82, 2.24) is 5.32 Å². The summed E-state index contributed by atoms with van der Waals surface area (Å²) < 4.78 is 5.23. The van der Waals surface area contributed by atoms with E-state index < -0.39 is 11.9 Å². The van der Waals surface area contributed by atoms with Crippen LogP contribution in [0, 0.1) is 5.92 Å². The van der Waals surface area contributed by atoms with Gasteiger partial charge in [0.15, 0.2) is 0 Å². The van der Waals surface area contributed by atoms with Crippen molar-refractivity contribution in [3.63, 3.8) is 0 Å². The molecule has 0 aromatic heterocycles. The number of carbonyl (C=O) groups excluding carboxylic acids is 1. The van der Waals surface area contributed by atoms with E-state index in [9.17, 15) is 4.79 Å². The van der Waals surface area contributed by atoms with Crippen LogP contribution in [0.5, 0.6) is 5.75 Å². The summed E-state index contributed by atoms with van der Waals surface area (Å²) in [7, 11) is 1.54. The minimum absolute atomic E-state index is 0.403. The fourth-order valence-electron chi connectivity index (χ4n) is 1.67. The summed E-state index contributed by atoms with van der Waals surface area (Å²) in [6, 6.07) is 4.60. The quantitative estimate of drug-likeness (QED) is 0.832. The fourth-order valence-corrected chi connectivity index (χ4v) is 1.95. The first-order valence-electron chi connectivity index (χ1n) is 5.82. The molecule has 0 aliphatic rings. The molecule has 0 radical (unpaired) electrons. The molecule has 0 aliphatic heterocycles. The van der Waals surface area contributed by atoms with Gasteiger partial charge in [0.2, 0.25) is 5.91 Å². The molecular formula is C13H19ClN2O2. The van der Waals surface area contributed by atoms with Crippen molar-refractivity contribution in [1.29, 1.82) is 0 Å². The van der Waals surface area contributed by atoms with Gasteiger partial charge in [-0.25, -0.2) is 0 Å². The van der Waals surface area contributed by atoms with Gasteiger partial charge in [-0.1, -0.05) is 31.5 Å². The van der Waals surface area contributed by atoms with Crippen molar-refractivity contribution in [3.8, 4) is 5.75 Å². The van der Waals surface area contributed by atoms with E-state index in [0.717, 1.165) is 0 Å². The zero-order valence-electron chi connectivity index (χ0n) is 10.9. The highest BCUT2D eigenvalue weighted by Crippen LogP contribution is 2.32. The third kappa shape index (κ3) is 3.62. The number of ether oxygens (including phenoxy) is 1. The monoisotopic (exact) mass is 270 g/mol. The van der Waals surface area contributed by atoms with Crippen LogP contribution in [0.2, 0.25) is 5.02 Å². The van der Waals surface area contributed by atoms with Crippen molar-refractivity contribution >= 4 is 17.5 Å². The lowest BCUT2D eigenvalue weighted by molar-refractivity contribution is -0.120.